The number of aromatic nitrogens is 2. The zero-order valence-corrected chi connectivity index (χ0v) is 6.49. The van der Waals surface area contributed by atoms with E-state index in [0.717, 1.165) is 12.4 Å². The fourth-order valence-corrected chi connectivity index (χ4v) is 0.694. The first-order chi connectivity index (χ1) is 5.41. The van der Waals surface area contributed by atoms with Crippen LogP contribution in [-0.4, -0.2) is 14.8 Å². The van der Waals surface area contributed by atoms with Crippen LogP contribution in [0, 0.1) is 0 Å². The Hall–Kier alpha value is -1.11. The lowest BCUT2D eigenvalue weighted by atomic mass is 10.4. The minimum Gasteiger partial charge on any atom is -0.389 e. The Balaban J connectivity index is 3.00. The van der Waals surface area contributed by atoms with E-state index in [1.165, 1.54) is 0 Å². The Morgan fingerprint density at radius 1 is 1.58 bits per heavy atom. The Morgan fingerprint density at radius 2 is 2.17 bits per heavy atom. The van der Waals surface area contributed by atoms with Gasteiger partial charge in [0.25, 0.3) is 0 Å². The highest BCUT2D eigenvalue weighted by Gasteiger charge is 2.31. The predicted octanol–water partition coefficient (Wildman–Crippen LogP) is 0.994. The largest absolute Gasteiger partial charge is 0.504 e. The van der Waals surface area contributed by atoms with Gasteiger partial charge in [0, 0.05) is 11.8 Å². The molecule has 0 aliphatic heterocycles. The first-order valence-corrected chi connectivity index (χ1v) is 3.24. The molecule has 3 nitrogen and oxygen atoms in total. The van der Waals surface area contributed by atoms with Crippen molar-refractivity contribution in [3.05, 3.63) is 18.0 Å². The van der Waals surface area contributed by atoms with Crippen molar-refractivity contribution in [3.8, 4) is 0 Å². The second kappa shape index (κ2) is 2.74. The maximum atomic E-state index is 11.9. The highest BCUT2D eigenvalue weighted by atomic mass is 32.1. The van der Waals surface area contributed by atoms with Gasteiger partial charge in [0.1, 0.15) is 4.99 Å². The molecule has 1 aromatic rings. The molecule has 2 N–H and O–H groups in total. The molecule has 1 heterocycles. The van der Waals surface area contributed by atoms with E-state index in [4.69, 9.17) is 5.73 Å². The molecule has 0 saturated heterocycles. The normalized spacial score (nSPS) is 11.6. The van der Waals surface area contributed by atoms with Crippen molar-refractivity contribution in [2.75, 3.05) is 0 Å². The van der Waals surface area contributed by atoms with Crippen LogP contribution in [0.25, 0.3) is 0 Å². The number of alkyl halides is 3. The summed E-state index contributed by atoms with van der Waals surface area (Å²) < 4.78 is 35.5. The summed E-state index contributed by atoms with van der Waals surface area (Å²) in [5, 5.41) is 3.03. The van der Waals surface area contributed by atoms with Crippen molar-refractivity contribution in [1.29, 1.82) is 0 Å². The van der Waals surface area contributed by atoms with Gasteiger partial charge < -0.3 is 5.73 Å². The first-order valence-electron chi connectivity index (χ1n) is 2.83. The van der Waals surface area contributed by atoms with Crippen LogP contribution in [0.4, 0.5) is 13.2 Å². The third-order valence-corrected chi connectivity index (χ3v) is 1.36. The second-order valence-corrected chi connectivity index (χ2v) is 2.45. The summed E-state index contributed by atoms with van der Waals surface area (Å²) in [6.45, 7) is 0. The van der Waals surface area contributed by atoms with Crippen LogP contribution in [0.1, 0.15) is 5.56 Å². The van der Waals surface area contributed by atoms with Gasteiger partial charge in [0.2, 0.25) is 0 Å². The van der Waals surface area contributed by atoms with Gasteiger partial charge in [-0.15, -0.1) is 13.2 Å². The summed E-state index contributed by atoms with van der Waals surface area (Å²) in [6.07, 6.45) is -2.80. The minimum absolute atomic E-state index is 0.0994. The SMILES string of the molecule is NC(=S)c1cnn(C(F)(F)F)c1. The number of hydrogen-bond acceptors (Lipinski definition) is 2. The molecule has 0 saturated carbocycles. The molecule has 1 rings (SSSR count). The lowest BCUT2D eigenvalue weighted by Crippen LogP contribution is -2.17. The Bertz CT molecular complexity index is 303. The summed E-state index contributed by atoms with van der Waals surface area (Å²) in [6, 6.07) is 0. The first kappa shape index (κ1) is 8.98. The third kappa shape index (κ3) is 1.73. The van der Waals surface area contributed by atoms with Crippen molar-refractivity contribution in [3.63, 3.8) is 0 Å². The third-order valence-electron chi connectivity index (χ3n) is 1.13. The summed E-state index contributed by atoms with van der Waals surface area (Å²) in [7, 11) is 0. The van der Waals surface area contributed by atoms with E-state index in [-0.39, 0.29) is 15.2 Å². The summed E-state index contributed by atoms with van der Waals surface area (Å²) in [4.78, 5) is -0.106. The average Bonchev–Trinajstić information content (AvgIpc) is 2.30. The van der Waals surface area contributed by atoms with Gasteiger partial charge in [0.05, 0.1) is 6.20 Å². The topological polar surface area (TPSA) is 43.8 Å². The van der Waals surface area contributed by atoms with Crippen LogP contribution >= 0.6 is 12.2 Å². The van der Waals surface area contributed by atoms with Gasteiger partial charge >= 0.3 is 6.30 Å². The minimum atomic E-state index is -4.51. The van der Waals surface area contributed by atoms with E-state index in [0.29, 0.717) is 0 Å². The van der Waals surface area contributed by atoms with E-state index in [9.17, 15) is 13.2 Å². The molecule has 66 valence electrons. The van der Waals surface area contributed by atoms with Crippen molar-refractivity contribution in [2.45, 2.75) is 6.30 Å². The fourth-order valence-electron chi connectivity index (χ4n) is 0.589. The molecule has 0 unspecified atom stereocenters. The number of rotatable bonds is 1. The summed E-state index contributed by atoms with van der Waals surface area (Å²) in [5.74, 6) is 0. The van der Waals surface area contributed by atoms with E-state index < -0.39 is 6.30 Å². The maximum Gasteiger partial charge on any atom is 0.504 e. The molecular weight excluding hydrogens is 191 g/mol. The van der Waals surface area contributed by atoms with Gasteiger partial charge in [-0.2, -0.15) is 9.78 Å². The fraction of sp³-hybridized carbons (Fsp3) is 0.200. The summed E-state index contributed by atoms with van der Waals surface area (Å²) in [5.41, 5.74) is 5.18. The molecule has 0 aliphatic carbocycles. The predicted molar refractivity (Wildman–Crippen MR) is 39.4 cm³/mol. The molecule has 0 radical (unpaired) electrons. The quantitative estimate of drug-likeness (QED) is 0.679. The molecule has 0 spiro atoms. The smallest absolute Gasteiger partial charge is 0.389 e. The zero-order chi connectivity index (χ0) is 9.35. The van der Waals surface area contributed by atoms with E-state index in [1.807, 2.05) is 0 Å². The Kier molecular flexibility index (Phi) is 2.05. The molecule has 12 heavy (non-hydrogen) atoms. The van der Waals surface area contributed by atoms with Gasteiger partial charge in [-0.05, 0) is 0 Å². The number of halogens is 3. The average molecular weight is 195 g/mol. The van der Waals surface area contributed by atoms with E-state index >= 15 is 0 Å². The van der Waals surface area contributed by atoms with Crippen molar-refractivity contribution < 1.29 is 13.2 Å². The van der Waals surface area contributed by atoms with Gasteiger partial charge in [-0.25, -0.2) is 0 Å². The molecular formula is C5H4F3N3S. The lowest BCUT2D eigenvalue weighted by Gasteiger charge is -2.03. The van der Waals surface area contributed by atoms with Crippen LogP contribution < -0.4 is 5.73 Å². The standard InChI is InChI=1S/C5H4F3N3S/c6-5(7,8)11-2-3(1-10-11)4(9)12/h1-2H,(H2,9,12). The molecule has 1 aromatic heterocycles. The molecule has 0 aliphatic rings. The van der Waals surface area contributed by atoms with E-state index in [2.05, 4.69) is 17.3 Å². The molecule has 0 amide bonds. The maximum absolute atomic E-state index is 11.9. The van der Waals surface area contributed by atoms with Crippen LogP contribution in [0.2, 0.25) is 0 Å². The molecule has 0 aromatic carbocycles. The van der Waals surface area contributed by atoms with Crippen molar-refractivity contribution in [2.24, 2.45) is 5.73 Å². The molecule has 7 heteroatoms. The van der Waals surface area contributed by atoms with Crippen molar-refractivity contribution >= 4 is 17.2 Å². The highest BCUT2D eigenvalue weighted by molar-refractivity contribution is 7.80. The van der Waals surface area contributed by atoms with Crippen LogP contribution in [0.5, 0.6) is 0 Å². The van der Waals surface area contributed by atoms with Gasteiger partial charge in [-0.3, -0.25) is 0 Å². The molecule has 0 atom stereocenters. The summed E-state index contributed by atoms with van der Waals surface area (Å²) >= 11 is 4.46. The van der Waals surface area contributed by atoms with Crippen LogP contribution in [0.3, 0.4) is 0 Å². The van der Waals surface area contributed by atoms with Gasteiger partial charge in [0.15, 0.2) is 0 Å². The lowest BCUT2D eigenvalue weighted by molar-refractivity contribution is -0.212. The van der Waals surface area contributed by atoms with Crippen LogP contribution in [-0.2, 0) is 6.30 Å². The number of nitrogens with two attached hydrogens (primary N) is 1. The Labute approximate surface area is 71.0 Å². The number of hydrogen-bond donors (Lipinski definition) is 1. The Morgan fingerprint density at radius 3 is 2.42 bits per heavy atom. The van der Waals surface area contributed by atoms with Crippen LogP contribution in [0.15, 0.2) is 12.4 Å². The zero-order valence-electron chi connectivity index (χ0n) is 5.67. The monoisotopic (exact) mass is 195 g/mol. The van der Waals surface area contributed by atoms with E-state index in [1.54, 1.807) is 0 Å². The molecule has 0 bridgehead atoms. The van der Waals surface area contributed by atoms with Crippen molar-refractivity contribution in [1.82, 2.24) is 9.78 Å². The van der Waals surface area contributed by atoms with Gasteiger partial charge in [-0.1, -0.05) is 12.2 Å². The second-order valence-electron chi connectivity index (χ2n) is 2.01. The molecule has 0 fully saturated rings. The number of nitrogens with zero attached hydrogens (tertiary/aromatic N) is 2. The highest BCUT2D eigenvalue weighted by Crippen LogP contribution is 2.20. The number of thiocarbonyl (C=S) groups is 1.